The van der Waals surface area contributed by atoms with Crippen molar-refractivity contribution in [2.75, 3.05) is 0 Å². The highest BCUT2D eigenvalue weighted by molar-refractivity contribution is 6.04. The van der Waals surface area contributed by atoms with Crippen LogP contribution in [0.4, 0.5) is 0 Å². The standard InChI is InChI=1S/C20H13NO3/c22-19(23)11-16(13-6-2-1-3-7-13)18-10-14-12-21-17-9-5-4-8-15(17)20(14)24-18/h1-12H,(H,22,23)/b16-11+. The van der Waals surface area contributed by atoms with Gasteiger partial charge in [0.15, 0.2) is 0 Å². The Hall–Kier alpha value is -3.40. The molecule has 4 nitrogen and oxygen atoms in total. The van der Waals surface area contributed by atoms with Gasteiger partial charge in [-0.15, -0.1) is 0 Å². The van der Waals surface area contributed by atoms with E-state index in [1.165, 1.54) is 6.08 Å². The second-order valence-electron chi connectivity index (χ2n) is 5.43. The zero-order chi connectivity index (χ0) is 16.5. The molecule has 0 bridgehead atoms. The first-order chi connectivity index (χ1) is 11.7. The number of aliphatic carboxylic acids is 1. The number of rotatable bonds is 3. The molecule has 0 radical (unpaired) electrons. The molecule has 0 amide bonds. The molecule has 4 rings (SSSR count). The third kappa shape index (κ3) is 2.44. The Morgan fingerprint density at radius 2 is 1.79 bits per heavy atom. The quantitative estimate of drug-likeness (QED) is 0.565. The molecule has 0 saturated heterocycles. The van der Waals surface area contributed by atoms with Crippen molar-refractivity contribution in [2.24, 2.45) is 0 Å². The Kier molecular flexibility index (Phi) is 3.35. The maximum absolute atomic E-state index is 11.3. The van der Waals surface area contributed by atoms with Gasteiger partial charge in [-0.25, -0.2) is 4.79 Å². The lowest BCUT2D eigenvalue weighted by molar-refractivity contribution is -0.131. The fourth-order valence-corrected chi connectivity index (χ4v) is 2.80. The minimum absolute atomic E-state index is 0.511. The lowest BCUT2D eigenvalue weighted by Crippen LogP contribution is -1.93. The van der Waals surface area contributed by atoms with Crippen LogP contribution in [0.5, 0.6) is 0 Å². The highest BCUT2D eigenvalue weighted by Crippen LogP contribution is 2.32. The van der Waals surface area contributed by atoms with Gasteiger partial charge in [0, 0.05) is 28.6 Å². The largest absolute Gasteiger partial charge is 0.478 e. The molecule has 4 aromatic rings. The van der Waals surface area contributed by atoms with Crippen LogP contribution in [0.2, 0.25) is 0 Å². The normalized spacial score (nSPS) is 11.9. The number of fused-ring (bicyclic) bond motifs is 3. The molecule has 0 spiro atoms. The molecule has 2 aromatic heterocycles. The third-order valence-electron chi connectivity index (χ3n) is 3.87. The van der Waals surface area contributed by atoms with Crippen LogP contribution in [0.25, 0.3) is 27.4 Å². The molecule has 0 aliphatic heterocycles. The zero-order valence-corrected chi connectivity index (χ0v) is 12.6. The summed E-state index contributed by atoms with van der Waals surface area (Å²) in [6, 6.07) is 18.9. The number of pyridine rings is 1. The van der Waals surface area contributed by atoms with Gasteiger partial charge in [-0.3, -0.25) is 4.98 Å². The number of carbonyl (C=O) groups is 1. The Morgan fingerprint density at radius 3 is 2.58 bits per heavy atom. The molecular formula is C20H13NO3. The first-order valence-corrected chi connectivity index (χ1v) is 7.50. The summed E-state index contributed by atoms with van der Waals surface area (Å²) in [6.07, 6.45) is 2.91. The van der Waals surface area contributed by atoms with Gasteiger partial charge in [0.1, 0.15) is 11.3 Å². The van der Waals surface area contributed by atoms with E-state index in [-0.39, 0.29) is 0 Å². The maximum atomic E-state index is 11.3. The van der Waals surface area contributed by atoms with Crippen LogP contribution in [0.15, 0.2) is 77.4 Å². The first kappa shape index (κ1) is 14.2. The van der Waals surface area contributed by atoms with E-state index in [9.17, 15) is 9.90 Å². The van der Waals surface area contributed by atoms with E-state index in [0.717, 1.165) is 21.9 Å². The third-order valence-corrected chi connectivity index (χ3v) is 3.87. The number of furan rings is 1. The molecule has 0 aliphatic rings. The summed E-state index contributed by atoms with van der Waals surface area (Å²) in [7, 11) is 0. The summed E-state index contributed by atoms with van der Waals surface area (Å²) in [5, 5.41) is 11.0. The SMILES string of the molecule is O=C(O)/C=C(\c1ccccc1)c1cc2cnc3ccccc3c2o1. The molecule has 0 fully saturated rings. The van der Waals surface area contributed by atoms with E-state index in [4.69, 9.17) is 4.42 Å². The summed E-state index contributed by atoms with van der Waals surface area (Å²) < 4.78 is 6.03. The molecule has 2 heterocycles. The van der Waals surface area contributed by atoms with Crippen LogP contribution in [-0.4, -0.2) is 16.1 Å². The topological polar surface area (TPSA) is 63.3 Å². The van der Waals surface area contributed by atoms with Crippen molar-refractivity contribution >= 4 is 33.4 Å². The summed E-state index contributed by atoms with van der Waals surface area (Å²) in [4.78, 5) is 15.7. The molecule has 24 heavy (non-hydrogen) atoms. The van der Waals surface area contributed by atoms with Gasteiger partial charge in [0.05, 0.1) is 5.52 Å². The van der Waals surface area contributed by atoms with Crippen molar-refractivity contribution in [2.45, 2.75) is 0 Å². The maximum Gasteiger partial charge on any atom is 0.329 e. The number of carboxylic acids is 1. The highest BCUT2D eigenvalue weighted by atomic mass is 16.4. The summed E-state index contributed by atoms with van der Waals surface area (Å²) in [6.45, 7) is 0. The van der Waals surface area contributed by atoms with Gasteiger partial charge in [0.2, 0.25) is 0 Å². The minimum atomic E-state index is -1.02. The van der Waals surface area contributed by atoms with Crippen molar-refractivity contribution in [3.8, 4) is 0 Å². The second-order valence-corrected chi connectivity index (χ2v) is 5.43. The summed E-state index contributed by atoms with van der Waals surface area (Å²) in [5.41, 5.74) is 2.87. The van der Waals surface area contributed by atoms with Crippen molar-refractivity contribution in [3.05, 3.63) is 84.3 Å². The second kappa shape index (κ2) is 5.66. The number of hydrogen-bond donors (Lipinski definition) is 1. The van der Waals surface area contributed by atoms with E-state index in [0.29, 0.717) is 16.9 Å². The number of benzene rings is 2. The highest BCUT2D eigenvalue weighted by Gasteiger charge is 2.14. The van der Waals surface area contributed by atoms with Crippen LogP contribution in [0, 0.1) is 0 Å². The molecule has 0 saturated carbocycles. The van der Waals surface area contributed by atoms with E-state index < -0.39 is 5.97 Å². The van der Waals surface area contributed by atoms with Gasteiger partial charge < -0.3 is 9.52 Å². The van der Waals surface area contributed by atoms with Crippen LogP contribution in [-0.2, 0) is 4.79 Å². The Bertz CT molecular complexity index is 1080. The molecule has 1 N–H and O–H groups in total. The Labute approximate surface area is 137 Å². The van der Waals surface area contributed by atoms with Gasteiger partial charge in [-0.1, -0.05) is 42.5 Å². The number of carboxylic acid groups (broad SMARTS) is 1. The summed E-state index contributed by atoms with van der Waals surface area (Å²) in [5.74, 6) is -0.506. The van der Waals surface area contributed by atoms with Crippen LogP contribution in [0.1, 0.15) is 11.3 Å². The fourth-order valence-electron chi connectivity index (χ4n) is 2.80. The average Bonchev–Trinajstić information content (AvgIpc) is 3.04. The smallest absolute Gasteiger partial charge is 0.329 e. The molecular weight excluding hydrogens is 302 g/mol. The monoisotopic (exact) mass is 315 g/mol. The van der Waals surface area contributed by atoms with Crippen LogP contribution < -0.4 is 0 Å². The first-order valence-electron chi connectivity index (χ1n) is 7.50. The van der Waals surface area contributed by atoms with E-state index >= 15 is 0 Å². The fraction of sp³-hybridized carbons (Fsp3) is 0. The van der Waals surface area contributed by atoms with Gasteiger partial charge in [-0.05, 0) is 23.8 Å². The molecule has 2 aromatic carbocycles. The molecule has 0 atom stereocenters. The van der Waals surface area contributed by atoms with Crippen LogP contribution >= 0.6 is 0 Å². The van der Waals surface area contributed by atoms with Crippen molar-refractivity contribution < 1.29 is 14.3 Å². The predicted octanol–water partition coefficient (Wildman–Crippen LogP) is 4.50. The number of hydrogen-bond acceptors (Lipinski definition) is 3. The number of aromatic nitrogens is 1. The molecule has 0 unspecified atom stereocenters. The van der Waals surface area contributed by atoms with Gasteiger partial charge >= 0.3 is 5.97 Å². The zero-order valence-electron chi connectivity index (χ0n) is 12.6. The predicted molar refractivity (Wildman–Crippen MR) is 92.7 cm³/mol. The van der Waals surface area contributed by atoms with E-state index in [2.05, 4.69) is 4.98 Å². The van der Waals surface area contributed by atoms with Crippen molar-refractivity contribution in [1.82, 2.24) is 4.98 Å². The van der Waals surface area contributed by atoms with Crippen molar-refractivity contribution in [1.29, 1.82) is 0 Å². The van der Waals surface area contributed by atoms with Gasteiger partial charge in [0.25, 0.3) is 0 Å². The molecule has 4 heteroatoms. The molecule has 116 valence electrons. The number of nitrogens with zero attached hydrogens (tertiary/aromatic N) is 1. The summed E-state index contributed by atoms with van der Waals surface area (Å²) >= 11 is 0. The lowest BCUT2D eigenvalue weighted by Gasteiger charge is -2.03. The Morgan fingerprint density at radius 1 is 1.04 bits per heavy atom. The average molecular weight is 315 g/mol. The van der Waals surface area contributed by atoms with Crippen molar-refractivity contribution in [3.63, 3.8) is 0 Å². The van der Waals surface area contributed by atoms with E-state index in [1.54, 1.807) is 6.20 Å². The van der Waals surface area contributed by atoms with Gasteiger partial charge in [-0.2, -0.15) is 0 Å². The number of para-hydroxylation sites is 1. The minimum Gasteiger partial charge on any atom is -0.478 e. The van der Waals surface area contributed by atoms with E-state index in [1.807, 2.05) is 60.7 Å². The molecule has 0 aliphatic carbocycles. The lowest BCUT2D eigenvalue weighted by atomic mass is 10.0. The van der Waals surface area contributed by atoms with Crippen LogP contribution in [0.3, 0.4) is 0 Å². The Balaban J connectivity index is 1.96.